The van der Waals surface area contributed by atoms with Gasteiger partial charge in [0, 0.05) is 0 Å². The van der Waals surface area contributed by atoms with Gasteiger partial charge in [-0.15, -0.1) is 0 Å². The molecule has 2 rings (SSSR count). The zero-order chi connectivity index (χ0) is 11.8. The molecule has 0 fully saturated rings. The molecule has 1 aromatic rings. The van der Waals surface area contributed by atoms with E-state index in [2.05, 4.69) is 58.0 Å². The van der Waals surface area contributed by atoms with E-state index in [1.807, 2.05) is 0 Å². The first-order chi connectivity index (χ1) is 7.52. The summed E-state index contributed by atoms with van der Waals surface area (Å²) in [5, 5.41) is 0. The molecule has 1 atom stereocenters. The first kappa shape index (κ1) is 12.0. The molecule has 0 bridgehead atoms. The van der Waals surface area contributed by atoms with Crippen molar-refractivity contribution in [1.82, 2.24) is 0 Å². The molecule has 1 aliphatic rings. The standard InChI is InChI=1S/C15H20Se/c1-5-11-10-14(15(2,3)4)16-13-9-7-6-8-12(11)13/h6-11H,5H2,1-4H3. The van der Waals surface area contributed by atoms with E-state index in [1.165, 1.54) is 6.42 Å². The summed E-state index contributed by atoms with van der Waals surface area (Å²) in [5.74, 6) is 0.640. The zero-order valence-corrected chi connectivity index (χ0v) is 12.3. The summed E-state index contributed by atoms with van der Waals surface area (Å²) in [6.45, 7) is 9.29. The average Bonchev–Trinajstić information content (AvgIpc) is 2.26. The first-order valence-corrected chi connectivity index (χ1v) is 7.72. The Morgan fingerprint density at radius 2 is 1.88 bits per heavy atom. The second-order valence-corrected chi connectivity index (χ2v) is 7.71. The second kappa shape index (κ2) is 4.39. The summed E-state index contributed by atoms with van der Waals surface area (Å²) < 4.78 is 3.25. The predicted molar refractivity (Wildman–Crippen MR) is 72.4 cm³/mol. The number of hydrogen-bond donors (Lipinski definition) is 0. The Bertz CT molecular complexity index is 410. The van der Waals surface area contributed by atoms with E-state index in [1.54, 1.807) is 14.5 Å². The third-order valence-corrected chi connectivity index (χ3v) is 6.34. The van der Waals surface area contributed by atoms with Crippen LogP contribution in [-0.2, 0) is 0 Å². The van der Waals surface area contributed by atoms with Gasteiger partial charge in [-0.05, 0) is 0 Å². The van der Waals surface area contributed by atoms with Gasteiger partial charge in [-0.1, -0.05) is 0 Å². The van der Waals surface area contributed by atoms with Gasteiger partial charge in [-0.2, -0.15) is 0 Å². The van der Waals surface area contributed by atoms with Gasteiger partial charge in [0.05, 0.1) is 0 Å². The van der Waals surface area contributed by atoms with E-state index in [0.29, 0.717) is 26.3 Å². The van der Waals surface area contributed by atoms with Crippen molar-refractivity contribution in [3.63, 3.8) is 0 Å². The van der Waals surface area contributed by atoms with E-state index in [9.17, 15) is 0 Å². The molecule has 0 amide bonds. The normalized spacial score (nSPS) is 20.2. The number of benzene rings is 1. The van der Waals surface area contributed by atoms with Gasteiger partial charge >= 0.3 is 105 Å². The van der Waals surface area contributed by atoms with Crippen molar-refractivity contribution in [3.05, 3.63) is 40.4 Å². The minimum atomic E-state index is 0.334. The molecule has 0 N–H and O–H groups in total. The van der Waals surface area contributed by atoms with Crippen molar-refractivity contribution in [2.75, 3.05) is 0 Å². The molecular formula is C15H20Se. The topological polar surface area (TPSA) is 0 Å². The molecule has 1 aromatic carbocycles. The van der Waals surface area contributed by atoms with Crippen LogP contribution in [0.3, 0.4) is 0 Å². The van der Waals surface area contributed by atoms with Crippen LogP contribution in [0.15, 0.2) is 34.8 Å². The van der Waals surface area contributed by atoms with Crippen LogP contribution in [0.5, 0.6) is 0 Å². The number of rotatable bonds is 1. The van der Waals surface area contributed by atoms with Gasteiger partial charge in [0.15, 0.2) is 0 Å². The summed E-state index contributed by atoms with van der Waals surface area (Å²) in [6, 6.07) is 8.98. The molecule has 1 heterocycles. The molecule has 1 aliphatic heterocycles. The van der Waals surface area contributed by atoms with Crippen molar-refractivity contribution in [2.24, 2.45) is 5.41 Å². The Morgan fingerprint density at radius 1 is 1.19 bits per heavy atom. The van der Waals surface area contributed by atoms with Crippen molar-refractivity contribution < 1.29 is 0 Å². The van der Waals surface area contributed by atoms with Crippen molar-refractivity contribution >= 4 is 19.4 Å². The van der Waals surface area contributed by atoms with E-state index in [0.717, 1.165) is 0 Å². The fraction of sp³-hybridized carbons (Fsp3) is 0.467. The summed E-state index contributed by atoms with van der Waals surface area (Å²) in [7, 11) is 0. The van der Waals surface area contributed by atoms with Gasteiger partial charge in [0.1, 0.15) is 0 Å². The Balaban J connectivity index is 2.42. The number of fused-ring (bicyclic) bond motifs is 1. The molecule has 0 aliphatic carbocycles. The van der Waals surface area contributed by atoms with Gasteiger partial charge in [-0.25, -0.2) is 0 Å². The van der Waals surface area contributed by atoms with Gasteiger partial charge in [0.2, 0.25) is 0 Å². The van der Waals surface area contributed by atoms with Crippen LogP contribution >= 0.6 is 0 Å². The van der Waals surface area contributed by atoms with Crippen LogP contribution in [0.4, 0.5) is 0 Å². The fourth-order valence-corrected chi connectivity index (χ4v) is 4.69. The van der Waals surface area contributed by atoms with Crippen LogP contribution in [-0.4, -0.2) is 15.0 Å². The monoisotopic (exact) mass is 280 g/mol. The fourth-order valence-electron chi connectivity index (χ4n) is 2.05. The van der Waals surface area contributed by atoms with Gasteiger partial charge < -0.3 is 0 Å². The third-order valence-electron chi connectivity index (χ3n) is 3.07. The van der Waals surface area contributed by atoms with Gasteiger partial charge in [0.25, 0.3) is 0 Å². The van der Waals surface area contributed by atoms with Crippen molar-refractivity contribution in [3.8, 4) is 0 Å². The summed E-state index contributed by atoms with van der Waals surface area (Å²) in [6.07, 6.45) is 3.75. The maximum atomic E-state index is 2.53. The molecule has 1 heteroatoms. The first-order valence-electron chi connectivity index (χ1n) is 6.01. The molecule has 0 spiro atoms. The summed E-state index contributed by atoms with van der Waals surface area (Å²) >= 11 is 0.528. The molecule has 0 nitrogen and oxygen atoms in total. The Hall–Kier alpha value is -0.521. The average molecular weight is 279 g/mol. The van der Waals surface area contributed by atoms with Crippen molar-refractivity contribution in [2.45, 2.75) is 40.0 Å². The van der Waals surface area contributed by atoms with E-state index in [4.69, 9.17) is 0 Å². The van der Waals surface area contributed by atoms with Gasteiger partial charge in [-0.3, -0.25) is 0 Å². The maximum absolute atomic E-state index is 2.53. The molecule has 0 aromatic heterocycles. The number of hydrogen-bond acceptors (Lipinski definition) is 0. The third kappa shape index (κ3) is 2.26. The van der Waals surface area contributed by atoms with Crippen LogP contribution in [0.25, 0.3) is 0 Å². The van der Waals surface area contributed by atoms with Crippen LogP contribution < -0.4 is 4.46 Å². The molecule has 16 heavy (non-hydrogen) atoms. The van der Waals surface area contributed by atoms with Crippen molar-refractivity contribution in [1.29, 1.82) is 0 Å². The number of allylic oxidation sites excluding steroid dienone is 2. The molecule has 0 radical (unpaired) electrons. The predicted octanol–water partition coefficient (Wildman–Crippen LogP) is 3.45. The molecule has 1 unspecified atom stereocenters. The molecule has 86 valence electrons. The Morgan fingerprint density at radius 3 is 2.50 bits per heavy atom. The molecule has 0 saturated carbocycles. The Labute approximate surface area is 105 Å². The quantitative estimate of drug-likeness (QED) is 0.691. The van der Waals surface area contributed by atoms with E-state index in [-0.39, 0.29) is 0 Å². The van der Waals surface area contributed by atoms with Crippen LogP contribution in [0.2, 0.25) is 0 Å². The summed E-state index contributed by atoms with van der Waals surface area (Å²) in [5.41, 5.74) is 1.90. The van der Waals surface area contributed by atoms with Crippen LogP contribution in [0.1, 0.15) is 45.6 Å². The Kier molecular flexibility index (Phi) is 3.28. The molecule has 0 saturated heterocycles. The van der Waals surface area contributed by atoms with E-state index >= 15 is 0 Å². The zero-order valence-electron chi connectivity index (χ0n) is 10.6. The van der Waals surface area contributed by atoms with Crippen LogP contribution in [0, 0.1) is 5.41 Å². The summed E-state index contributed by atoms with van der Waals surface area (Å²) in [4.78, 5) is 0. The second-order valence-electron chi connectivity index (χ2n) is 5.44. The minimum absolute atomic E-state index is 0.334. The molecular weight excluding hydrogens is 259 g/mol. The SMILES string of the molecule is CCC1C=C(C(C)(C)C)[Se]c2ccccc21. The van der Waals surface area contributed by atoms with E-state index < -0.39 is 0 Å².